The molecule has 4 bridgehead atoms. The van der Waals surface area contributed by atoms with Crippen LogP contribution in [0.25, 0.3) is 0 Å². The average Bonchev–Trinajstić information content (AvgIpc) is 2.81. The molecule has 4 aliphatic carbocycles. The molecule has 4 rings (SSSR count). The lowest BCUT2D eigenvalue weighted by molar-refractivity contribution is -0.163. The van der Waals surface area contributed by atoms with Gasteiger partial charge in [-0.15, -0.1) is 17.0 Å². The van der Waals surface area contributed by atoms with Gasteiger partial charge >= 0.3 is 0 Å². The van der Waals surface area contributed by atoms with Crippen LogP contribution in [0, 0.1) is 23.2 Å². The van der Waals surface area contributed by atoms with E-state index in [0.29, 0.717) is 5.91 Å². The minimum Gasteiger partial charge on any atom is -0.337 e. The van der Waals surface area contributed by atoms with Crippen LogP contribution < -0.4 is 0 Å². The summed E-state index contributed by atoms with van der Waals surface area (Å²) in [6.07, 6.45) is 30.2. The summed E-state index contributed by atoms with van der Waals surface area (Å²) < 4.78 is 0. The minimum atomic E-state index is 0. The van der Waals surface area contributed by atoms with Crippen LogP contribution in [-0.2, 0) is 4.79 Å². The van der Waals surface area contributed by atoms with Gasteiger partial charge in [0, 0.05) is 12.1 Å². The van der Waals surface area contributed by atoms with Crippen molar-refractivity contribution in [2.24, 2.45) is 23.2 Å². The fourth-order valence-corrected chi connectivity index (χ4v) is 8.57. The molecular formula is C33H62BrNO. The Balaban J connectivity index is 0.00000456. The molecule has 212 valence electrons. The summed E-state index contributed by atoms with van der Waals surface area (Å²) >= 11 is 0. The topological polar surface area (TPSA) is 20.3 Å². The van der Waals surface area contributed by atoms with E-state index in [-0.39, 0.29) is 27.9 Å². The molecular weight excluding hydrogens is 506 g/mol. The second-order valence-electron chi connectivity index (χ2n) is 13.8. The van der Waals surface area contributed by atoms with Crippen LogP contribution in [0.3, 0.4) is 0 Å². The molecule has 3 heteroatoms. The standard InChI is InChI=1S/C33H61NO.BrH/c1-5-7-8-9-10-11-12-13-14-15-16-17-18-19-20-21-32(3,4)34(6-2)31(35)33-25-28-22-29(26-33)24-30(23-28)27-33;/h28-30H,5-27H2,1-4H3;1H. The van der Waals surface area contributed by atoms with Crippen molar-refractivity contribution in [1.29, 1.82) is 0 Å². The molecule has 4 saturated carbocycles. The first-order valence-electron chi connectivity index (χ1n) is 16.2. The number of unbranched alkanes of at least 4 members (excludes halogenated alkanes) is 14. The van der Waals surface area contributed by atoms with Gasteiger partial charge in [0.25, 0.3) is 0 Å². The van der Waals surface area contributed by atoms with Crippen molar-refractivity contribution >= 4 is 22.9 Å². The predicted molar refractivity (Wildman–Crippen MR) is 162 cm³/mol. The van der Waals surface area contributed by atoms with Crippen molar-refractivity contribution in [2.75, 3.05) is 6.54 Å². The summed E-state index contributed by atoms with van der Waals surface area (Å²) in [5.74, 6) is 3.08. The van der Waals surface area contributed by atoms with Crippen LogP contribution in [0.2, 0.25) is 0 Å². The van der Waals surface area contributed by atoms with E-state index in [9.17, 15) is 4.79 Å². The second kappa shape index (κ2) is 16.1. The highest BCUT2D eigenvalue weighted by molar-refractivity contribution is 8.93. The third-order valence-electron chi connectivity index (χ3n) is 10.2. The Kier molecular flexibility index (Phi) is 14.4. The molecule has 4 fully saturated rings. The number of hydrogen-bond acceptors (Lipinski definition) is 1. The number of nitrogens with zero attached hydrogens (tertiary/aromatic N) is 1. The van der Waals surface area contributed by atoms with Gasteiger partial charge in [0.2, 0.25) is 5.91 Å². The molecule has 0 aromatic rings. The molecule has 1 amide bonds. The fraction of sp³-hybridized carbons (Fsp3) is 0.970. The number of halogens is 1. The molecule has 2 nitrogen and oxygen atoms in total. The number of hydrogen-bond donors (Lipinski definition) is 0. The third kappa shape index (κ3) is 9.30. The highest BCUT2D eigenvalue weighted by Gasteiger charge is 2.56. The predicted octanol–water partition coefficient (Wildman–Crippen LogP) is 10.7. The van der Waals surface area contributed by atoms with E-state index in [1.165, 1.54) is 135 Å². The summed E-state index contributed by atoms with van der Waals surface area (Å²) in [6.45, 7) is 10.1. The van der Waals surface area contributed by atoms with Crippen LogP contribution in [0.5, 0.6) is 0 Å². The lowest BCUT2D eigenvalue weighted by Crippen LogP contribution is -2.58. The van der Waals surface area contributed by atoms with Gasteiger partial charge in [0.15, 0.2) is 0 Å². The van der Waals surface area contributed by atoms with E-state index in [1.807, 2.05) is 0 Å². The molecule has 0 aliphatic heterocycles. The van der Waals surface area contributed by atoms with Gasteiger partial charge in [-0.1, -0.05) is 103 Å². The molecule has 0 heterocycles. The quantitative estimate of drug-likeness (QED) is 0.142. The van der Waals surface area contributed by atoms with Crippen LogP contribution in [0.15, 0.2) is 0 Å². The largest absolute Gasteiger partial charge is 0.337 e. The summed E-state index contributed by atoms with van der Waals surface area (Å²) in [4.78, 5) is 16.3. The Morgan fingerprint density at radius 3 is 1.39 bits per heavy atom. The normalized spacial score (nSPS) is 26.7. The second-order valence-corrected chi connectivity index (χ2v) is 13.8. The first kappa shape index (κ1) is 32.2. The summed E-state index contributed by atoms with van der Waals surface area (Å²) in [6, 6.07) is 0. The Morgan fingerprint density at radius 2 is 1.03 bits per heavy atom. The van der Waals surface area contributed by atoms with E-state index in [0.717, 1.165) is 30.7 Å². The molecule has 0 unspecified atom stereocenters. The summed E-state index contributed by atoms with van der Waals surface area (Å²) in [7, 11) is 0. The lowest BCUT2D eigenvalue weighted by Gasteiger charge is -2.57. The minimum absolute atomic E-state index is 0. The molecule has 4 aliphatic rings. The zero-order chi connectivity index (χ0) is 25.2. The number of amides is 1. The van der Waals surface area contributed by atoms with Crippen LogP contribution in [0.4, 0.5) is 0 Å². The molecule has 36 heavy (non-hydrogen) atoms. The van der Waals surface area contributed by atoms with E-state index in [1.54, 1.807) is 0 Å². The monoisotopic (exact) mass is 567 g/mol. The first-order chi connectivity index (χ1) is 16.9. The van der Waals surface area contributed by atoms with Gasteiger partial charge in [-0.2, -0.15) is 0 Å². The molecule has 0 aromatic carbocycles. The zero-order valence-electron chi connectivity index (χ0n) is 24.8. The maximum Gasteiger partial charge on any atom is 0.229 e. The van der Waals surface area contributed by atoms with Crippen molar-refractivity contribution < 1.29 is 4.79 Å². The van der Waals surface area contributed by atoms with E-state index in [2.05, 4.69) is 32.6 Å². The van der Waals surface area contributed by atoms with Gasteiger partial charge in [-0.3, -0.25) is 4.79 Å². The number of carbonyl (C=O) groups is 1. The lowest BCUT2D eigenvalue weighted by atomic mass is 9.49. The SMILES string of the molecule is Br.CCCCCCCCCCCCCCCCCC(C)(C)N(CC)C(=O)C12CC3CC(CC(C3)C1)C2. The van der Waals surface area contributed by atoms with Gasteiger partial charge < -0.3 is 4.90 Å². The maximum atomic E-state index is 14.0. The zero-order valence-corrected chi connectivity index (χ0v) is 26.5. The molecule has 0 saturated heterocycles. The van der Waals surface area contributed by atoms with Crippen LogP contribution >= 0.6 is 17.0 Å². The molecule has 0 atom stereocenters. The Labute approximate surface area is 236 Å². The Morgan fingerprint density at radius 1 is 0.667 bits per heavy atom. The van der Waals surface area contributed by atoms with Crippen LogP contribution in [0.1, 0.15) is 169 Å². The number of carbonyl (C=O) groups excluding carboxylic acids is 1. The average molecular weight is 569 g/mol. The first-order valence-corrected chi connectivity index (χ1v) is 16.2. The summed E-state index contributed by atoms with van der Waals surface area (Å²) in [5, 5.41) is 0. The molecule has 0 spiro atoms. The number of rotatable bonds is 19. The van der Waals surface area contributed by atoms with E-state index >= 15 is 0 Å². The van der Waals surface area contributed by atoms with Crippen molar-refractivity contribution in [1.82, 2.24) is 4.90 Å². The molecule has 0 radical (unpaired) electrons. The molecule has 0 N–H and O–H groups in total. The smallest absolute Gasteiger partial charge is 0.229 e. The van der Waals surface area contributed by atoms with Gasteiger partial charge in [-0.05, 0) is 83.5 Å². The molecule has 0 aromatic heterocycles. The van der Waals surface area contributed by atoms with Gasteiger partial charge in [0.05, 0.1) is 5.41 Å². The Hall–Kier alpha value is -0.0500. The third-order valence-corrected chi connectivity index (χ3v) is 10.2. The van der Waals surface area contributed by atoms with Gasteiger partial charge in [0.1, 0.15) is 0 Å². The highest BCUT2D eigenvalue weighted by atomic mass is 79.9. The van der Waals surface area contributed by atoms with Crippen molar-refractivity contribution in [3.63, 3.8) is 0 Å². The summed E-state index contributed by atoms with van der Waals surface area (Å²) in [5.41, 5.74) is 0.0167. The fourth-order valence-electron chi connectivity index (χ4n) is 8.57. The van der Waals surface area contributed by atoms with Crippen molar-refractivity contribution in [3.8, 4) is 0 Å². The van der Waals surface area contributed by atoms with Crippen molar-refractivity contribution in [3.05, 3.63) is 0 Å². The van der Waals surface area contributed by atoms with Gasteiger partial charge in [-0.25, -0.2) is 0 Å². The van der Waals surface area contributed by atoms with E-state index in [4.69, 9.17) is 0 Å². The van der Waals surface area contributed by atoms with Crippen molar-refractivity contribution in [2.45, 2.75) is 174 Å². The van der Waals surface area contributed by atoms with Crippen LogP contribution in [-0.4, -0.2) is 22.9 Å². The Bertz CT molecular complexity index is 580. The van der Waals surface area contributed by atoms with E-state index < -0.39 is 0 Å². The maximum absolute atomic E-state index is 14.0. The highest BCUT2D eigenvalue weighted by Crippen LogP contribution is 2.60.